The Kier molecular flexibility index (Phi) is 6.78. The maximum atomic E-state index is 12.9. The number of nitrogen functional groups attached to an aromatic ring is 1. The number of rotatable bonds is 11. The van der Waals surface area contributed by atoms with Crippen LogP contribution in [-0.2, 0) is 32.7 Å². The lowest BCUT2D eigenvalue weighted by molar-refractivity contribution is -0.128. The number of pyridine rings is 1. The van der Waals surface area contributed by atoms with Crippen molar-refractivity contribution in [2.45, 2.75) is 73.0 Å². The molecular weight excluding hydrogens is 454 g/mol. The lowest BCUT2D eigenvalue weighted by atomic mass is 9.70. The summed E-state index contributed by atoms with van der Waals surface area (Å²) in [5.74, 6) is 1.51. The molecule has 3 N–H and O–H groups in total. The van der Waals surface area contributed by atoms with E-state index in [1.54, 1.807) is 6.20 Å². The van der Waals surface area contributed by atoms with Crippen molar-refractivity contribution in [1.82, 2.24) is 19.3 Å². The summed E-state index contributed by atoms with van der Waals surface area (Å²) in [6, 6.07) is 0. The third-order valence-electron chi connectivity index (χ3n) is 8.20. The highest BCUT2D eigenvalue weighted by atomic mass is 32.2. The predicted octanol–water partition coefficient (Wildman–Crippen LogP) is 2.95. The number of nitrogens with one attached hydrogen (secondary N) is 1. The molecule has 0 saturated heterocycles. The van der Waals surface area contributed by atoms with Crippen molar-refractivity contribution < 1.29 is 17.9 Å². The fraction of sp³-hybridized carbons (Fsp3) is 0.708. The number of imidazole rings is 1. The number of fused-ring (bicyclic) bond motifs is 3. The number of ketones is 1. The number of carbonyl (C=O) groups excluding carboxylic acids is 1. The van der Waals surface area contributed by atoms with Gasteiger partial charge >= 0.3 is 0 Å². The van der Waals surface area contributed by atoms with Crippen LogP contribution in [0.5, 0.6) is 0 Å². The van der Waals surface area contributed by atoms with Crippen LogP contribution in [0.15, 0.2) is 6.20 Å². The average Bonchev–Trinajstić information content (AvgIpc) is 3.31. The minimum atomic E-state index is -3.55. The molecule has 9 nitrogen and oxygen atoms in total. The number of hydrogen-bond donors (Lipinski definition) is 2. The molecule has 188 valence electrons. The van der Waals surface area contributed by atoms with Gasteiger partial charge in [0.2, 0.25) is 10.0 Å². The van der Waals surface area contributed by atoms with E-state index in [0.29, 0.717) is 62.8 Å². The van der Waals surface area contributed by atoms with Gasteiger partial charge in [-0.2, -0.15) is 0 Å². The van der Waals surface area contributed by atoms with Gasteiger partial charge in [0.05, 0.1) is 11.3 Å². The maximum Gasteiger partial charge on any atom is 0.212 e. The average molecular weight is 492 g/mol. The molecule has 2 aromatic heterocycles. The smallest absolute Gasteiger partial charge is 0.212 e. The summed E-state index contributed by atoms with van der Waals surface area (Å²) in [5.41, 5.74) is 7.66. The number of unbranched alkanes of at least 4 members (excludes halogenated alkanes) is 1. The summed E-state index contributed by atoms with van der Waals surface area (Å²) in [4.78, 5) is 21.6. The van der Waals surface area contributed by atoms with E-state index in [9.17, 15) is 13.2 Å². The Labute approximate surface area is 201 Å². The quantitative estimate of drug-likeness (QED) is 0.462. The first-order chi connectivity index (χ1) is 16.0. The van der Waals surface area contributed by atoms with Crippen molar-refractivity contribution in [3.05, 3.63) is 17.6 Å². The van der Waals surface area contributed by atoms with Crippen molar-refractivity contribution in [2.24, 2.45) is 16.7 Å². The molecule has 0 unspecified atom stereocenters. The zero-order valence-electron chi connectivity index (χ0n) is 20.7. The minimum Gasteiger partial charge on any atom is -0.382 e. The molecule has 0 spiro atoms. The summed E-state index contributed by atoms with van der Waals surface area (Å²) in [6.45, 7) is 10.0. The number of anilines is 1. The van der Waals surface area contributed by atoms with E-state index in [1.165, 1.54) is 0 Å². The van der Waals surface area contributed by atoms with Crippen LogP contribution in [0.4, 0.5) is 5.82 Å². The van der Waals surface area contributed by atoms with E-state index in [0.717, 1.165) is 29.7 Å². The summed E-state index contributed by atoms with van der Waals surface area (Å²) < 4.78 is 36.3. The number of ether oxygens (including phenoxy) is 1. The molecule has 2 saturated carbocycles. The third-order valence-corrected chi connectivity index (χ3v) is 9.72. The van der Waals surface area contributed by atoms with Crippen molar-refractivity contribution in [3.8, 4) is 0 Å². The Hall–Kier alpha value is -2.04. The van der Waals surface area contributed by atoms with Gasteiger partial charge in [0, 0.05) is 37.7 Å². The van der Waals surface area contributed by atoms with Gasteiger partial charge in [-0.15, -0.1) is 0 Å². The monoisotopic (exact) mass is 491 g/mol. The van der Waals surface area contributed by atoms with Crippen molar-refractivity contribution in [2.75, 3.05) is 24.6 Å². The molecule has 0 amide bonds. The van der Waals surface area contributed by atoms with Crippen LogP contribution < -0.4 is 10.5 Å². The predicted molar refractivity (Wildman–Crippen MR) is 132 cm³/mol. The molecular formula is C24H37N5O4S. The van der Waals surface area contributed by atoms with Gasteiger partial charge in [-0.05, 0) is 56.4 Å². The molecule has 2 aliphatic rings. The van der Waals surface area contributed by atoms with Crippen LogP contribution >= 0.6 is 0 Å². The molecule has 2 atom stereocenters. The Morgan fingerprint density at radius 3 is 2.74 bits per heavy atom. The number of hydrogen-bond acceptors (Lipinski definition) is 7. The van der Waals surface area contributed by atoms with E-state index in [1.807, 2.05) is 13.8 Å². The molecule has 2 aliphatic carbocycles. The fourth-order valence-corrected chi connectivity index (χ4v) is 7.90. The molecule has 0 aliphatic heterocycles. The Morgan fingerprint density at radius 2 is 2.09 bits per heavy atom. The zero-order chi connectivity index (χ0) is 24.7. The molecule has 2 heterocycles. The van der Waals surface area contributed by atoms with Gasteiger partial charge < -0.3 is 15.0 Å². The van der Waals surface area contributed by atoms with Crippen molar-refractivity contribution in [3.63, 3.8) is 0 Å². The first kappa shape index (κ1) is 25.1. The van der Waals surface area contributed by atoms with Crippen molar-refractivity contribution >= 4 is 32.7 Å². The largest absolute Gasteiger partial charge is 0.382 e. The Bertz CT molecular complexity index is 1190. The normalized spacial score (nSPS) is 23.9. The summed E-state index contributed by atoms with van der Waals surface area (Å²) in [6.07, 6.45) is 5.30. The minimum absolute atomic E-state index is 0.0987. The SMILES string of the molecule is CCOCc1nc2c(N)ncc(C)c2n1CCCCNS(=O)(=O)C[C@]12CC[C@H](CC1=O)C2(C)C. The highest BCUT2D eigenvalue weighted by molar-refractivity contribution is 7.89. The number of Topliss-reactive ketones (excluding diaryl/α,β-unsaturated/α-hetero) is 1. The first-order valence-electron chi connectivity index (χ1n) is 12.2. The topological polar surface area (TPSA) is 129 Å². The molecule has 4 rings (SSSR count). The number of sulfonamides is 1. The van der Waals surface area contributed by atoms with Crippen LogP contribution in [0.2, 0.25) is 0 Å². The molecule has 34 heavy (non-hydrogen) atoms. The summed E-state index contributed by atoms with van der Waals surface area (Å²) in [5, 5.41) is 0. The van der Waals surface area contributed by atoms with E-state index in [4.69, 9.17) is 10.5 Å². The van der Waals surface area contributed by atoms with Crippen LogP contribution in [0.3, 0.4) is 0 Å². The van der Waals surface area contributed by atoms with Gasteiger partial charge in [-0.3, -0.25) is 4.79 Å². The lowest BCUT2D eigenvalue weighted by Crippen LogP contribution is -2.45. The van der Waals surface area contributed by atoms with E-state index in [-0.39, 0.29) is 17.0 Å². The fourth-order valence-electron chi connectivity index (χ4n) is 6.02. The van der Waals surface area contributed by atoms with E-state index >= 15 is 0 Å². The molecule has 2 aromatic rings. The van der Waals surface area contributed by atoms with Crippen LogP contribution in [0.1, 0.15) is 64.3 Å². The summed E-state index contributed by atoms with van der Waals surface area (Å²) >= 11 is 0. The highest BCUT2D eigenvalue weighted by Crippen LogP contribution is 2.64. The van der Waals surface area contributed by atoms with Crippen LogP contribution in [-0.4, -0.2) is 47.6 Å². The third kappa shape index (κ3) is 4.24. The molecule has 2 bridgehead atoms. The lowest BCUT2D eigenvalue weighted by Gasteiger charge is -2.36. The number of aromatic nitrogens is 3. The van der Waals surface area contributed by atoms with Crippen LogP contribution in [0.25, 0.3) is 11.0 Å². The Morgan fingerprint density at radius 1 is 1.32 bits per heavy atom. The molecule has 10 heteroatoms. The first-order valence-corrected chi connectivity index (χ1v) is 13.9. The maximum absolute atomic E-state index is 12.9. The zero-order valence-corrected chi connectivity index (χ0v) is 21.5. The number of aryl methyl sites for hydroxylation is 2. The van der Waals surface area contributed by atoms with Gasteiger partial charge in [-0.1, -0.05) is 13.8 Å². The summed E-state index contributed by atoms with van der Waals surface area (Å²) in [7, 11) is -3.55. The second-order valence-corrected chi connectivity index (χ2v) is 12.2. The van der Waals surface area contributed by atoms with E-state index in [2.05, 4.69) is 33.1 Å². The molecule has 2 fully saturated rings. The van der Waals surface area contributed by atoms with E-state index < -0.39 is 15.4 Å². The molecule has 0 radical (unpaired) electrons. The van der Waals surface area contributed by atoms with Gasteiger partial charge in [0.25, 0.3) is 0 Å². The van der Waals surface area contributed by atoms with Gasteiger partial charge in [0.15, 0.2) is 5.82 Å². The number of carbonyl (C=O) groups is 1. The van der Waals surface area contributed by atoms with Gasteiger partial charge in [-0.25, -0.2) is 23.1 Å². The second-order valence-electron chi connectivity index (χ2n) is 10.4. The standard InChI is InChI=1S/C24H37N5O4S/c1-5-33-14-19-28-20-21(16(2)13-26-22(20)25)29(19)11-7-6-10-27-34(31,32)15-24-9-8-17(12-18(24)30)23(24,3)4/h13,17,27H,5-12,14-15H2,1-4H3,(H2,25,26)/t17-,24-/m1/s1. The molecule has 0 aromatic carbocycles. The number of nitrogens with two attached hydrogens (primary N) is 1. The van der Waals surface area contributed by atoms with Crippen LogP contribution in [0, 0.1) is 23.7 Å². The van der Waals surface area contributed by atoms with Crippen molar-refractivity contribution in [1.29, 1.82) is 0 Å². The second kappa shape index (κ2) is 9.20. The number of nitrogens with zero attached hydrogens (tertiary/aromatic N) is 3. The highest BCUT2D eigenvalue weighted by Gasteiger charge is 2.65. The van der Waals surface area contributed by atoms with Gasteiger partial charge in [0.1, 0.15) is 23.7 Å². The Balaban J connectivity index is 1.38.